The Morgan fingerprint density at radius 3 is 2.86 bits per heavy atom. The molecule has 0 aromatic carbocycles. The van der Waals surface area contributed by atoms with Crippen molar-refractivity contribution in [3.8, 4) is 0 Å². The lowest BCUT2D eigenvalue weighted by atomic mass is 10.2. The SMILES string of the molecule is Cc1cc(N2CCCC2C)nc(N)n1. The van der Waals surface area contributed by atoms with E-state index in [4.69, 9.17) is 5.73 Å². The number of nitrogens with zero attached hydrogens (tertiary/aromatic N) is 3. The molecule has 0 spiro atoms. The summed E-state index contributed by atoms with van der Waals surface area (Å²) >= 11 is 0. The molecule has 2 N–H and O–H groups in total. The molecule has 1 aliphatic heterocycles. The summed E-state index contributed by atoms with van der Waals surface area (Å²) in [5.74, 6) is 1.35. The molecule has 0 saturated carbocycles. The summed E-state index contributed by atoms with van der Waals surface area (Å²) < 4.78 is 0. The van der Waals surface area contributed by atoms with Crippen LogP contribution in [-0.2, 0) is 0 Å². The van der Waals surface area contributed by atoms with Crippen molar-refractivity contribution >= 4 is 11.8 Å². The predicted octanol–water partition coefficient (Wildman–Crippen LogP) is 1.36. The topological polar surface area (TPSA) is 55.0 Å². The minimum atomic E-state index is 0.374. The second-order valence-corrected chi connectivity index (χ2v) is 3.91. The average molecular weight is 192 g/mol. The van der Waals surface area contributed by atoms with E-state index < -0.39 is 0 Å². The Labute approximate surface area is 84.2 Å². The van der Waals surface area contributed by atoms with Crippen molar-refractivity contribution < 1.29 is 0 Å². The van der Waals surface area contributed by atoms with Gasteiger partial charge in [0.25, 0.3) is 0 Å². The number of nitrogen functional groups attached to an aromatic ring is 1. The van der Waals surface area contributed by atoms with Gasteiger partial charge in [0.15, 0.2) is 0 Å². The van der Waals surface area contributed by atoms with Crippen LogP contribution >= 0.6 is 0 Å². The summed E-state index contributed by atoms with van der Waals surface area (Å²) in [6, 6.07) is 2.57. The van der Waals surface area contributed by atoms with Gasteiger partial charge in [-0.3, -0.25) is 0 Å². The zero-order valence-corrected chi connectivity index (χ0v) is 8.70. The van der Waals surface area contributed by atoms with Crippen LogP contribution in [0.25, 0.3) is 0 Å². The molecular formula is C10H16N4. The summed E-state index contributed by atoms with van der Waals surface area (Å²) in [5.41, 5.74) is 6.56. The molecule has 1 unspecified atom stereocenters. The Kier molecular flexibility index (Phi) is 2.27. The highest BCUT2D eigenvalue weighted by Gasteiger charge is 2.21. The van der Waals surface area contributed by atoms with Gasteiger partial charge < -0.3 is 10.6 Å². The van der Waals surface area contributed by atoms with Gasteiger partial charge in [-0.1, -0.05) is 0 Å². The first kappa shape index (κ1) is 9.24. The molecule has 1 atom stereocenters. The van der Waals surface area contributed by atoms with Gasteiger partial charge in [0.2, 0.25) is 5.95 Å². The van der Waals surface area contributed by atoms with Crippen molar-refractivity contribution in [3.63, 3.8) is 0 Å². The zero-order valence-electron chi connectivity index (χ0n) is 8.70. The second-order valence-electron chi connectivity index (χ2n) is 3.91. The number of anilines is 2. The molecule has 1 fully saturated rings. The van der Waals surface area contributed by atoms with E-state index in [2.05, 4.69) is 21.8 Å². The second kappa shape index (κ2) is 3.44. The van der Waals surface area contributed by atoms with Crippen molar-refractivity contribution in [2.45, 2.75) is 32.7 Å². The van der Waals surface area contributed by atoms with Crippen LogP contribution in [0.3, 0.4) is 0 Å². The molecule has 76 valence electrons. The molecule has 0 amide bonds. The monoisotopic (exact) mass is 192 g/mol. The van der Waals surface area contributed by atoms with Gasteiger partial charge in [-0.2, -0.15) is 4.98 Å². The van der Waals surface area contributed by atoms with Gasteiger partial charge in [0, 0.05) is 24.3 Å². The van der Waals surface area contributed by atoms with Crippen LogP contribution in [0, 0.1) is 6.92 Å². The molecule has 2 rings (SSSR count). The number of aromatic nitrogens is 2. The van der Waals surface area contributed by atoms with E-state index in [-0.39, 0.29) is 0 Å². The third kappa shape index (κ3) is 1.64. The van der Waals surface area contributed by atoms with E-state index in [1.54, 1.807) is 0 Å². The molecule has 1 aromatic rings. The zero-order chi connectivity index (χ0) is 10.1. The standard InChI is InChI=1S/C10H16N4/c1-7-6-9(13-10(11)12-7)14-5-3-4-8(14)2/h6,8H,3-5H2,1-2H3,(H2,11,12,13). The molecular weight excluding hydrogens is 176 g/mol. The summed E-state index contributed by atoms with van der Waals surface area (Å²) in [6.07, 6.45) is 2.48. The molecule has 1 aliphatic rings. The van der Waals surface area contributed by atoms with Gasteiger partial charge in [0.1, 0.15) is 5.82 Å². The number of hydrogen-bond donors (Lipinski definition) is 1. The van der Waals surface area contributed by atoms with Crippen LogP contribution in [0.15, 0.2) is 6.07 Å². The molecule has 0 aliphatic carbocycles. The highest BCUT2D eigenvalue weighted by molar-refractivity contribution is 5.45. The maximum atomic E-state index is 5.62. The normalized spacial score (nSPS) is 21.6. The molecule has 0 radical (unpaired) electrons. The van der Waals surface area contributed by atoms with Crippen molar-refractivity contribution in [2.24, 2.45) is 0 Å². The Bertz CT molecular complexity index is 317. The van der Waals surface area contributed by atoms with Crippen LogP contribution < -0.4 is 10.6 Å². The van der Waals surface area contributed by atoms with Crippen molar-refractivity contribution in [1.29, 1.82) is 0 Å². The van der Waals surface area contributed by atoms with Gasteiger partial charge >= 0.3 is 0 Å². The molecule has 4 heteroatoms. The maximum Gasteiger partial charge on any atom is 0.222 e. The average Bonchev–Trinajstić information content (AvgIpc) is 2.49. The molecule has 0 bridgehead atoms. The molecule has 14 heavy (non-hydrogen) atoms. The fraction of sp³-hybridized carbons (Fsp3) is 0.600. The lowest BCUT2D eigenvalue weighted by Gasteiger charge is -2.22. The first-order valence-corrected chi connectivity index (χ1v) is 5.04. The van der Waals surface area contributed by atoms with E-state index in [1.807, 2.05) is 13.0 Å². The van der Waals surface area contributed by atoms with E-state index in [1.165, 1.54) is 12.8 Å². The van der Waals surface area contributed by atoms with E-state index in [9.17, 15) is 0 Å². The summed E-state index contributed by atoms with van der Waals surface area (Å²) in [5, 5.41) is 0. The van der Waals surface area contributed by atoms with E-state index >= 15 is 0 Å². The van der Waals surface area contributed by atoms with Crippen molar-refractivity contribution in [3.05, 3.63) is 11.8 Å². The number of rotatable bonds is 1. The van der Waals surface area contributed by atoms with Crippen LogP contribution in [0.2, 0.25) is 0 Å². The number of aryl methyl sites for hydroxylation is 1. The number of nitrogens with two attached hydrogens (primary N) is 1. The molecule has 1 saturated heterocycles. The summed E-state index contributed by atoms with van der Waals surface area (Å²) in [6.45, 7) is 5.25. The lowest BCUT2D eigenvalue weighted by molar-refractivity contribution is 0.726. The van der Waals surface area contributed by atoms with E-state index in [0.29, 0.717) is 12.0 Å². The van der Waals surface area contributed by atoms with Gasteiger partial charge in [0.05, 0.1) is 0 Å². The van der Waals surface area contributed by atoms with Crippen LogP contribution in [0.4, 0.5) is 11.8 Å². The van der Waals surface area contributed by atoms with Crippen molar-refractivity contribution in [2.75, 3.05) is 17.2 Å². The smallest absolute Gasteiger partial charge is 0.222 e. The Morgan fingerprint density at radius 1 is 1.50 bits per heavy atom. The predicted molar refractivity (Wildman–Crippen MR) is 57.2 cm³/mol. The van der Waals surface area contributed by atoms with Crippen LogP contribution in [-0.4, -0.2) is 22.6 Å². The molecule has 2 heterocycles. The molecule has 1 aromatic heterocycles. The fourth-order valence-corrected chi connectivity index (χ4v) is 2.00. The third-order valence-electron chi connectivity index (χ3n) is 2.71. The minimum absolute atomic E-state index is 0.374. The van der Waals surface area contributed by atoms with Crippen LogP contribution in [0.5, 0.6) is 0 Å². The highest BCUT2D eigenvalue weighted by Crippen LogP contribution is 2.23. The highest BCUT2D eigenvalue weighted by atomic mass is 15.2. The van der Waals surface area contributed by atoms with Gasteiger partial charge in [-0.25, -0.2) is 4.98 Å². The lowest BCUT2D eigenvalue weighted by Crippen LogP contribution is -2.27. The first-order chi connectivity index (χ1) is 6.66. The fourth-order valence-electron chi connectivity index (χ4n) is 2.00. The Morgan fingerprint density at radius 2 is 2.29 bits per heavy atom. The summed E-state index contributed by atoms with van der Waals surface area (Å²) in [4.78, 5) is 10.6. The molecule has 4 nitrogen and oxygen atoms in total. The minimum Gasteiger partial charge on any atom is -0.368 e. The quantitative estimate of drug-likeness (QED) is 0.730. The van der Waals surface area contributed by atoms with E-state index in [0.717, 1.165) is 18.1 Å². The van der Waals surface area contributed by atoms with Gasteiger partial charge in [-0.05, 0) is 26.7 Å². The largest absolute Gasteiger partial charge is 0.368 e. The Hall–Kier alpha value is -1.32. The maximum absolute atomic E-state index is 5.62. The van der Waals surface area contributed by atoms with Crippen molar-refractivity contribution in [1.82, 2.24) is 9.97 Å². The van der Waals surface area contributed by atoms with Gasteiger partial charge in [-0.15, -0.1) is 0 Å². The summed E-state index contributed by atoms with van der Waals surface area (Å²) in [7, 11) is 0. The Balaban J connectivity index is 2.31. The first-order valence-electron chi connectivity index (χ1n) is 5.04. The van der Waals surface area contributed by atoms with Crippen LogP contribution in [0.1, 0.15) is 25.5 Å². The number of hydrogen-bond acceptors (Lipinski definition) is 4. The third-order valence-corrected chi connectivity index (χ3v) is 2.71.